The number of halogens is 1. The molecule has 4 aliphatic rings. The molecule has 4 N–H and O–H groups in total. The van der Waals surface area contributed by atoms with Crippen LogP contribution in [0.3, 0.4) is 0 Å². The molecular formula is C23H28FN5O3. The van der Waals surface area contributed by atoms with Crippen molar-refractivity contribution in [3.05, 3.63) is 29.8 Å². The first-order valence-electron chi connectivity index (χ1n) is 11.1. The van der Waals surface area contributed by atoms with E-state index in [1.165, 1.54) is 4.90 Å². The van der Waals surface area contributed by atoms with Gasteiger partial charge in [0.1, 0.15) is 12.2 Å². The van der Waals surface area contributed by atoms with Crippen LogP contribution in [0.15, 0.2) is 24.3 Å². The molecule has 2 atom stereocenters. The van der Waals surface area contributed by atoms with E-state index in [-0.39, 0.29) is 36.9 Å². The number of hydrogen-bond donors (Lipinski definition) is 3. The number of alkyl halides is 1. The summed E-state index contributed by atoms with van der Waals surface area (Å²) in [5.41, 5.74) is 5.64. The minimum Gasteiger partial charge on any atom is -0.366 e. The van der Waals surface area contributed by atoms with Crippen molar-refractivity contribution in [2.75, 3.05) is 18.4 Å². The Kier molecular flexibility index (Phi) is 5.91. The fraction of sp³-hybridized carbons (Fsp3) is 0.565. The van der Waals surface area contributed by atoms with Crippen LogP contribution in [-0.2, 0) is 9.59 Å². The quantitative estimate of drug-likeness (QED) is 0.621. The van der Waals surface area contributed by atoms with Crippen LogP contribution in [0.5, 0.6) is 0 Å². The average Bonchev–Trinajstić information content (AvgIpc) is 3.20. The zero-order valence-electron chi connectivity index (χ0n) is 17.9. The minimum atomic E-state index is -1.14. The summed E-state index contributed by atoms with van der Waals surface area (Å²) in [6, 6.07) is 7.84. The number of primary amides is 1. The first-order chi connectivity index (χ1) is 15.3. The molecular weight excluding hydrogens is 413 g/mol. The molecule has 1 aliphatic heterocycles. The SMILES string of the molecule is N#C[C@@H]1C[C@H](F)CN1C(=O)CNC12CCC(C(=O)Nc3ccc(C(N)=O)cc3)(CC1)CC2. The predicted molar refractivity (Wildman–Crippen MR) is 115 cm³/mol. The Bertz CT molecular complexity index is 933. The van der Waals surface area contributed by atoms with E-state index < -0.39 is 23.5 Å². The van der Waals surface area contributed by atoms with Crippen LogP contribution < -0.4 is 16.4 Å². The lowest BCUT2D eigenvalue weighted by molar-refractivity contribution is -0.135. The maximum atomic E-state index is 13.6. The molecule has 3 amide bonds. The summed E-state index contributed by atoms with van der Waals surface area (Å²) in [5, 5.41) is 15.5. The van der Waals surface area contributed by atoms with Gasteiger partial charge in [-0.2, -0.15) is 5.26 Å². The van der Waals surface area contributed by atoms with Crippen molar-refractivity contribution < 1.29 is 18.8 Å². The molecule has 3 aliphatic carbocycles. The maximum absolute atomic E-state index is 13.6. The van der Waals surface area contributed by atoms with Gasteiger partial charge in [-0.05, 0) is 62.8 Å². The van der Waals surface area contributed by atoms with Gasteiger partial charge in [0.2, 0.25) is 17.7 Å². The van der Waals surface area contributed by atoms with Crippen LogP contribution in [0.1, 0.15) is 55.3 Å². The minimum absolute atomic E-state index is 0.0170. The Morgan fingerprint density at radius 3 is 2.31 bits per heavy atom. The van der Waals surface area contributed by atoms with Crippen LogP contribution in [0.25, 0.3) is 0 Å². The van der Waals surface area contributed by atoms with Gasteiger partial charge < -0.3 is 21.3 Å². The molecule has 0 unspecified atom stereocenters. The molecule has 1 heterocycles. The number of nitrogens with one attached hydrogen (secondary N) is 2. The molecule has 1 aromatic carbocycles. The number of carbonyl (C=O) groups is 3. The number of benzene rings is 1. The number of fused-ring (bicyclic) bond motifs is 3. The summed E-state index contributed by atoms with van der Waals surface area (Å²) in [5.74, 6) is -0.775. The molecule has 5 rings (SSSR count). The molecule has 0 spiro atoms. The van der Waals surface area contributed by atoms with Gasteiger partial charge >= 0.3 is 0 Å². The van der Waals surface area contributed by atoms with Gasteiger partial charge in [0.25, 0.3) is 0 Å². The third kappa shape index (κ3) is 4.19. The van der Waals surface area contributed by atoms with Gasteiger partial charge in [0.15, 0.2) is 0 Å². The van der Waals surface area contributed by atoms with Crippen LogP contribution >= 0.6 is 0 Å². The summed E-state index contributed by atoms with van der Waals surface area (Å²) in [4.78, 5) is 38.2. The third-order valence-corrected chi connectivity index (χ3v) is 7.49. The molecule has 170 valence electrons. The number of nitrogens with zero attached hydrogens (tertiary/aromatic N) is 2. The van der Waals surface area contributed by atoms with Gasteiger partial charge in [0, 0.05) is 28.6 Å². The van der Waals surface area contributed by atoms with E-state index in [2.05, 4.69) is 10.6 Å². The highest BCUT2D eigenvalue weighted by atomic mass is 19.1. The van der Waals surface area contributed by atoms with Crippen LogP contribution in [-0.4, -0.2) is 53.5 Å². The normalized spacial score (nSPS) is 31.2. The second-order valence-electron chi connectivity index (χ2n) is 9.33. The molecule has 8 nitrogen and oxygen atoms in total. The predicted octanol–water partition coefficient (Wildman–Crippen LogP) is 1.87. The van der Waals surface area contributed by atoms with Crippen LogP contribution in [0, 0.1) is 16.7 Å². The highest BCUT2D eigenvalue weighted by Crippen LogP contribution is 2.52. The van der Waals surface area contributed by atoms with E-state index in [0.29, 0.717) is 11.3 Å². The molecule has 0 radical (unpaired) electrons. The van der Waals surface area contributed by atoms with Gasteiger partial charge in [0.05, 0.1) is 19.2 Å². The number of nitrogens with two attached hydrogens (primary N) is 1. The number of anilines is 1. The van der Waals surface area contributed by atoms with Gasteiger partial charge in [-0.25, -0.2) is 4.39 Å². The lowest BCUT2D eigenvalue weighted by Crippen LogP contribution is -2.59. The van der Waals surface area contributed by atoms with Crippen molar-refractivity contribution in [3.63, 3.8) is 0 Å². The number of rotatable bonds is 6. The van der Waals surface area contributed by atoms with Crippen molar-refractivity contribution in [2.45, 2.75) is 62.7 Å². The summed E-state index contributed by atoms with van der Waals surface area (Å²) < 4.78 is 13.6. The summed E-state index contributed by atoms with van der Waals surface area (Å²) >= 11 is 0. The maximum Gasteiger partial charge on any atom is 0.248 e. The fourth-order valence-corrected chi connectivity index (χ4v) is 5.32. The van der Waals surface area contributed by atoms with E-state index in [1.54, 1.807) is 24.3 Å². The zero-order chi connectivity index (χ0) is 22.9. The van der Waals surface area contributed by atoms with Crippen molar-refractivity contribution in [3.8, 4) is 6.07 Å². The first kappa shape index (κ1) is 22.2. The molecule has 1 aromatic rings. The molecule has 1 saturated heterocycles. The summed E-state index contributed by atoms with van der Waals surface area (Å²) in [6.45, 7) is 0.0613. The van der Waals surface area contributed by atoms with Crippen molar-refractivity contribution in [2.24, 2.45) is 11.1 Å². The van der Waals surface area contributed by atoms with Crippen molar-refractivity contribution in [1.29, 1.82) is 5.26 Å². The summed E-state index contributed by atoms with van der Waals surface area (Å²) in [6.07, 6.45) is 3.43. The third-order valence-electron chi connectivity index (χ3n) is 7.49. The van der Waals surface area contributed by atoms with Gasteiger partial charge in [-0.15, -0.1) is 0 Å². The monoisotopic (exact) mass is 441 g/mol. The second kappa shape index (κ2) is 8.51. The lowest BCUT2D eigenvalue weighted by Gasteiger charge is -2.52. The smallest absolute Gasteiger partial charge is 0.248 e. The van der Waals surface area contributed by atoms with E-state index in [0.717, 1.165) is 38.5 Å². The largest absolute Gasteiger partial charge is 0.366 e. The number of nitriles is 1. The Labute approximate surface area is 186 Å². The Morgan fingerprint density at radius 1 is 1.12 bits per heavy atom. The number of likely N-dealkylation sites (tertiary alicyclic amines) is 1. The van der Waals surface area contributed by atoms with Gasteiger partial charge in [-0.1, -0.05) is 0 Å². The summed E-state index contributed by atoms with van der Waals surface area (Å²) in [7, 11) is 0. The molecule has 32 heavy (non-hydrogen) atoms. The molecule has 4 fully saturated rings. The van der Waals surface area contributed by atoms with E-state index in [9.17, 15) is 18.8 Å². The van der Waals surface area contributed by atoms with E-state index >= 15 is 0 Å². The van der Waals surface area contributed by atoms with E-state index in [4.69, 9.17) is 11.0 Å². The molecule has 0 aromatic heterocycles. The standard InChI is InChI=1S/C23H28FN5O3/c24-16-11-18(12-25)29(14-16)19(30)13-27-23-8-5-22(6-9-23,7-10-23)21(32)28-17-3-1-15(2-4-17)20(26)31/h1-4,16,18,27H,5-11,13-14H2,(H2,26,31)(H,28,32)/t16-,18-,22?,23?/m0/s1. The molecule has 3 saturated carbocycles. The molecule has 9 heteroatoms. The number of carbonyl (C=O) groups excluding carboxylic acids is 3. The number of hydrogen-bond acceptors (Lipinski definition) is 5. The highest BCUT2D eigenvalue weighted by Gasteiger charge is 2.52. The highest BCUT2D eigenvalue weighted by molar-refractivity contribution is 5.97. The first-order valence-corrected chi connectivity index (χ1v) is 11.1. The zero-order valence-corrected chi connectivity index (χ0v) is 17.9. The van der Waals surface area contributed by atoms with Crippen molar-refractivity contribution >= 4 is 23.4 Å². The second-order valence-corrected chi connectivity index (χ2v) is 9.33. The fourth-order valence-electron chi connectivity index (χ4n) is 5.32. The van der Waals surface area contributed by atoms with Crippen LogP contribution in [0.4, 0.5) is 10.1 Å². The molecule has 2 bridgehead atoms. The topological polar surface area (TPSA) is 128 Å². The van der Waals surface area contributed by atoms with Gasteiger partial charge in [-0.3, -0.25) is 14.4 Å². The Hall–Kier alpha value is -2.99. The Balaban J connectivity index is 1.32. The average molecular weight is 442 g/mol. The Morgan fingerprint density at radius 2 is 1.75 bits per heavy atom. The van der Waals surface area contributed by atoms with Crippen molar-refractivity contribution in [1.82, 2.24) is 10.2 Å². The number of amides is 3. The van der Waals surface area contributed by atoms with Crippen LogP contribution in [0.2, 0.25) is 0 Å². The lowest BCUT2D eigenvalue weighted by atomic mass is 9.57. The van der Waals surface area contributed by atoms with E-state index in [1.807, 2.05) is 6.07 Å².